The normalized spacial score (nSPS) is 10.5. The van der Waals surface area contributed by atoms with Crippen LogP contribution in [-0.4, -0.2) is 21.8 Å². The van der Waals surface area contributed by atoms with Gasteiger partial charge in [0.1, 0.15) is 5.75 Å². The van der Waals surface area contributed by atoms with Gasteiger partial charge in [-0.05, 0) is 17.7 Å². The Balaban J connectivity index is 1.85. The molecule has 6 heteroatoms. The minimum Gasteiger partial charge on any atom is -0.496 e. The average molecular weight is 365 g/mol. The highest BCUT2D eigenvalue weighted by atomic mass is 32.2. The van der Waals surface area contributed by atoms with Crippen LogP contribution < -0.4 is 4.74 Å². The number of nitriles is 1. The van der Waals surface area contributed by atoms with Gasteiger partial charge in [-0.3, -0.25) is 0 Å². The van der Waals surface area contributed by atoms with Crippen molar-refractivity contribution in [1.29, 1.82) is 5.26 Å². The molecule has 1 N–H and O–H groups in total. The molecule has 1 heterocycles. The summed E-state index contributed by atoms with van der Waals surface area (Å²) in [4.78, 5) is 4.45. The number of para-hydroxylation sites is 1. The third-order valence-corrected chi connectivity index (χ3v) is 5.12. The fourth-order valence-corrected chi connectivity index (χ4v) is 3.71. The fourth-order valence-electron chi connectivity index (χ4n) is 2.70. The number of benzene rings is 2. The lowest BCUT2D eigenvalue weighted by atomic mass is 10.1. The lowest BCUT2D eigenvalue weighted by Gasteiger charge is -2.13. The summed E-state index contributed by atoms with van der Waals surface area (Å²) >= 11 is 1.55. The van der Waals surface area contributed by atoms with E-state index in [4.69, 9.17) is 4.74 Å². The number of ether oxygens (including phenoxy) is 1. The summed E-state index contributed by atoms with van der Waals surface area (Å²) in [5.74, 6) is 1.44. The first-order valence-electron chi connectivity index (χ1n) is 8.14. The topological polar surface area (TPSA) is 71.1 Å². The molecule has 0 atom stereocenters. The number of aliphatic hydroxyl groups is 1. The molecular weight excluding hydrogens is 346 g/mol. The molecule has 5 nitrogen and oxygen atoms in total. The van der Waals surface area contributed by atoms with Crippen LogP contribution in [0.3, 0.4) is 0 Å². The van der Waals surface area contributed by atoms with Gasteiger partial charge in [0.25, 0.3) is 0 Å². The highest BCUT2D eigenvalue weighted by Crippen LogP contribution is 2.27. The Morgan fingerprint density at radius 2 is 1.88 bits per heavy atom. The molecular formula is C20H19N3O2S. The molecule has 0 saturated heterocycles. The number of aromatic nitrogens is 2. The van der Waals surface area contributed by atoms with Crippen molar-refractivity contribution in [1.82, 2.24) is 9.55 Å². The first-order chi connectivity index (χ1) is 12.8. The molecule has 0 amide bonds. The van der Waals surface area contributed by atoms with Crippen LogP contribution in [0.25, 0.3) is 0 Å². The average Bonchev–Trinajstić information content (AvgIpc) is 3.08. The van der Waals surface area contributed by atoms with Crippen molar-refractivity contribution in [2.45, 2.75) is 24.1 Å². The van der Waals surface area contributed by atoms with Crippen LogP contribution >= 0.6 is 11.8 Å². The summed E-state index contributed by atoms with van der Waals surface area (Å²) in [5.41, 5.74) is 3.40. The zero-order valence-corrected chi connectivity index (χ0v) is 15.2. The molecule has 0 aliphatic rings. The number of hydrogen-bond donors (Lipinski definition) is 1. The maximum absolute atomic E-state index is 9.66. The van der Waals surface area contributed by atoms with Crippen molar-refractivity contribution in [2.75, 3.05) is 7.11 Å². The monoisotopic (exact) mass is 365 g/mol. The van der Waals surface area contributed by atoms with Gasteiger partial charge in [0, 0.05) is 11.3 Å². The first-order valence-corrected chi connectivity index (χ1v) is 9.13. The Labute approximate surface area is 156 Å². The quantitative estimate of drug-likeness (QED) is 0.648. The standard InChI is InChI=1S/C20H19N3O2S/c1-25-19-9-5-4-7-16(19)12-23-18(13-24)11-22-20(23)26-14-17-8-3-2-6-15(17)10-21/h2-9,11,24H,12-14H2,1H3. The Kier molecular flexibility index (Phi) is 5.95. The predicted octanol–water partition coefficient (Wildman–Crippen LogP) is 3.60. The largest absolute Gasteiger partial charge is 0.496 e. The van der Waals surface area contributed by atoms with Crippen molar-refractivity contribution in [3.8, 4) is 11.8 Å². The second-order valence-electron chi connectivity index (χ2n) is 5.65. The number of hydrogen-bond acceptors (Lipinski definition) is 5. The van der Waals surface area contributed by atoms with E-state index in [1.165, 1.54) is 0 Å². The lowest BCUT2D eigenvalue weighted by Crippen LogP contribution is -2.07. The third-order valence-electron chi connectivity index (χ3n) is 4.08. The summed E-state index contributed by atoms with van der Waals surface area (Å²) in [5, 5.41) is 19.7. The molecule has 0 aliphatic carbocycles. The van der Waals surface area contributed by atoms with Gasteiger partial charge < -0.3 is 14.4 Å². The van der Waals surface area contributed by atoms with Crippen LogP contribution in [0.15, 0.2) is 59.9 Å². The highest BCUT2D eigenvalue weighted by molar-refractivity contribution is 7.98. The maximum Gasteiger partial charge on any atom is 0.168 e. The first kappa shape index (κ1) is 18.1. The number of imidazole rings is 1. The van der Waals surface area contributed by atoms with Crippen molar-refractivity contribution in [2.24, 2.45) is 0 Å². The molecule has 0 unspecified atom stereocenters. The van der Waals surface area contributed by atoms with Crippen molar-refractivity contribution in [3.63, 3.8) is 0 Å². The molecule has 0 saturated carbocycles. The van der Waals surface area contributed by atoms with E-state index in [2.05, 4.69) is 11.1 Å². The second-order valence-corrected chi connectivity index (χ2v) is 6.59. The number of aliphatic hydroxyl groups excluding tert-OH is 1. The van der Waals surface area contributed by atoms with E-state index >= 15 is 0 Å². The number of rotatable bonds is 7. The molecule has 1 aromatic heterocycles. The van der Waals surface area contributed by atoms with E-state index in [0.29, 0.717) is 17.9 Å². The Bertz CT molecular complexity index is 931. The predicted molar refractivity (Wildman–Crippen MR) is 101 cm³/mol. The number of methoxy groups -OCH3 is 1. The summed E-state index contributed by atoms with van der Waals surface area (Å²) in [6, 6.07) is 17.6. The van der Waals surface area contributed by atoms with E-state index in [9.17, 15) is 10.4 Å². The van der Waals surface area contributed by atoms with E-state index in [1.807, 2.05) is 53.1 Å². The van der Waals surface area contributed by atoms with E-state index in [1.54, 1.807) is 25.1 Å². The minimum absolute atomic E-state index is 0.0858. The Morgan fingerprint density at radius 1 is 1.15 bits per heavy atom. The van der Waals surface area contributed by atoms with Gasteiger partial charge in [0.2, 0.25) is 0 Å². The molecule has 0 aliphatic heterocycles. The van der Waals surface area contributed by atoms with Gasteiger partial charge in [-0.25, -0.2) is 4.98 Å². The van der Waals surface area contributed by atoms with Crippen LogP contribution in [0.1, 0.15) is 22.4 Å². The summed E-state index contributed by atoms with van der Waals surface area (Å²) in [6.45, 7) is 0.472. The fraction of sp³-hybridized carbons (Fsp3) is 0.200. The van der Waals surface area contributed by atoms with E-state index < -0.39 is 0 Å². The molecule has 3 rings (SSSR count). The van der Waals surface area contributed by atoms with Gasteiger partial charge in [-0.2, -0.15) is 5.26 Å². The lowest BCUT2D eigenvalue weighted by molar-refractivity contribution is 0.270. The summed E-state index contributed by atoms with van der Waals surface area (Å²) in [6.07, 6.45) is 1.69. The Morgan fingerprint density at radius 3 is 2.62 bits per heavy atom. The van der Waals surface area contributed by atoms with Gasteiger partial charge in [0.15, 0.2) is 5.16 Å². The van der Waals surface area contributed by atoms with Crippen LogP contribution in [0.4, 0.5) is 0 Å². The van der Waals surface area contributed by atoms with Crippen molar-refractivity contribution < 1.29 is 9.84 Å². The molecule has 132 valence electrons. The van der Waals surface area contributed by atoms with Crippen LogP contribution in [0.2, 0.25) is 0 Å². The molecule has 26 heavy (non-hydrogen) atoms. The van der Waals surface area contributed by atoms with Gasteiger partial charge in [-0.15, -0.1) is 0 Å². The number of nitrogens with zero attached hydrogens (tertiary/aromatic N) is 3. The highest BCUT2D eigenvalue weighted by Gasteiger charge is 2.13. The van der Waals surface area contributed by atoms with E-state index in [0.717, 1.165) is 27.7 Å². The second kappa shape index (κ2) is 8.56. The van der Waals surface area contributed by atoms with Crippen molar-refractivity contribution in [3.05, 3.63) is 77.1 Å². The molecule has 2 aromatic carbocycles. The molecule has 0 bridgehead atoms. The molecule has 0 radical (unpaired) electrons. The molecule has 3 aromatic rings. The zero-order valence-electron chi connectivity index (χ0n) is 14.4. The minimum atomic E-state index is -0.0858. The van der Waals surface area contributed by atoms with Crippen LogP contribution in [0.5, 0.6) is 5.75 Å². The molecule has 0 spiro atoms. The Hall–Kier alpha value is -2.75. The van der Waals surface area contributed by atoms with Gasteiger partial charge >= 0.3 is 0 Å². The third kappa shape index (κ3) is 3.90. The maximum atomic E-state index is 9.66. The van der Waals surface area contributed by atoms with Crippen LogP contribution in [-0.2, 0) is 18.9 Å². The smallest absolute Gasteiger partial charge is 0.168 e. The van der Waals surface area contributed by atoms with E-state index in [-0.39, 0.29) is 6.61 Å². The summed E-state index contributed by atoms with van der Waals surface area (Å²) in [7, 11) is 1.65. The summed E-state index contributed by atoms with van der Waals surface area (Å²) < 4.78 is 7.41. The SMILES string of the molecule is COc1ccccc1Cn1c(CO)cnc1SCc1ccccc1C#N. The number of thioether (sulfide) groups is 1. The van der Waals surface area contributed by atoms with Gasteiger partial charge in [0.05, 0.1) is 43.8 Å². The molecule has 0 fully saturated rings. The van der Waals surface area contributed by atoms with Gasteiger partial charge in [-0.1, -0.05) is 48.2 Å². The zero-order chi connectivity index (χ0) is 18.4. The van der Waals surface area contributed by atoms with Crippen LogP contribution in [0, 0.1) is 11.3 Å². The van der Waals surface area contributed by atoms with Crippen molar-refractivity contribution >= 4 is 11.8 Å².